The van der Waals surface area contributed by atoms with Gasteiger partial charge < -0.3 is 9.47 Å². The SMILES string of the molecule is COC(=O)Cc1c(OC)ccc(F)c1C=O. The van der Waals surface area contributed by atoms with E-state index in [9.17, 15) is 14.0 Å². The summed E-state index contributed by atoms with van der Waals surface area (Å²) in [6, 6.07) is 2.48. The van der Waals surface area contributed by atoms with Crippen LogP contribution in [0.4, 0.5) is 4.39 Å². The lowest BCUT2D eigenvalue weighted by molar-refractivity contribution is -0.139. The van der Waals surface area contributed by atoms with Gasteiger partial charge >= 0.3 is 5.97 Å². The van der Waals surface area contributed by atoms with E-state index in [1.165, 1.54) is 20.3 Å². The molecule has 0 saturated heterocycles. The van der Waals surface area contributed by atoms with Gasteiger partial charge in [-0.05, 0) is 12.1 Å². The Balaban J connectivity index is 3.24. The number of esters is 1. The highest BCUT2D eigenvalue weighted by Crippen LogP contribution is 2.24. The van der Waals surface area contributed by atoms with E-state index in [-0.39, 0.29) is 23.3 Å². The third-order valence-electron chi connectivity index (χ3n) is 2.15. The molecule has 0 radical (unpaired) electrons. The molecule has 0 aliphatic rings. The minimum Gasteiger partial charge on any atom is -0.496 e. The van der Waals surface area contributed by atoms with Crippen molar-refractivity contribution in [1.29, 1.82) is 0 Å². The lowest BCUT2D eigenvalue weighted by atomic mass is 10.0. The van der Waals surface area contributed by atoms with Crippen LogP contribution in [-0.4, -0.2) is 26.5 Å². The summed E-state index contributed by atoms with van der Waals surface area (Å²) in [5.41, 5.74) is 0.0223. The number of methoxy groups -OCH3 is 2. The Morgan fingerprint density at radius 2 is 2.12 bits per heavy atom. The molecule has 1 rings (SSSR count). The molecular weight excluding hydrogens is 215 g/mol. The second-order valence-electron chi connectivity index (χ2n) is 3.01. The third-order valence-corrected chi connectivity index (χ3v) is 2.15. The van der Waals surface area contributed by atoms with Gasteiger partial charge in [-0.25, -0.2) is 4.39 Å². The fraction of sp³-hybridized carbons (Fsp3) is 0.273. The monoisotopic (exact) mass is 226 g/mol. The molecular formula is C11H11FO4. The van der Waals surface area contributed by atoms with Crippen LogP contribution in [-0.2, 0) is 16.0 Å². The van der Waals surface area contributed by atoms with Crippen molar-refractivity contribution in [2.24, 2.45) is 0 Å². The molecule has 1 aromatic carbocycles. The highest BCUT2D eigenvalue weighted by atomic mass is 19.1. The van der Waals surface area contributed by atoms with Crippen LogP contribution in [0.5, 0.6) is 5.75 Å². The van der Waals surface area contributed by atoms with Gasteiger partial charge in [0, 0.05) is 5.56 Å². The van der Waals surface area contributed by atoms with Crippen molar-refractivity contribution >= 4 is 12.3 Å². The average Bonchev–Trinajstić information content (AvgIpc) is 2.29. The number of hydrogen-bond acceptors (Lipinski definition) is 4. The molecule has 0 aliphatic heterocycles. The molecule has 0 atom stereocenters. The normalized spacial score (nSPS) is 9.69. The van der Waals surface area contributed by atoms with Crippen molar-refractivity contribution in [3.05, 3.63) is 29.1 Å². The van der Waals surface area contributed by atoms with Crippen LogP contribution in [0, 0.1) is 5.82 Å². The molecule has 0 unspecified atom stereocenters. The van der Waals surface area contributed by atoms with E-state index in [2.05, 4.69) is 4.74 Å². The smallest absolute Gasteiger partial charge is 0.310 e. The Labute approximate surface area is 92.0 Å². The lowest BCUT2D eigenvalue weighted by Gasteiger charge is -2.10. The molecule has 0 spiro atoms. The van der Waals surface area contributed by atoms with Crippen LogP contribution in [0.25, 0.3) is 0 Å². The van der Waals surface area contributed by atoms with Crippen molar-refractivity contribution in [2.45, 2.75) is 6.42 Å². The second-order valence-corrected chi connectivity index (χ2v) is 3.01. The Hall–Kier alpha value is -1.91. The largest absolute Gasteiger partial charge is 0.496 e. The summed E-state index contributed by atoms with van der Waals surface area (Å²) in [6.45, 7) is 0. The maximum absolute atomic E-state index is 13.3. The van der Waals surface area contributed by atoms with Crippen molar-refractivity contribution in [1.82, 2.24) is 0 Å². The van der Waals surface area contributed by atoms with Crippen LogP contribution in [0.1, 0.15) is 15.9 Å². The zero-order valence-corrected chi connectivity index (χ0v) is 8.95. The predicted molar refractivity (Wildman–Crippen MR) is 54.1 cm³/mol. The molecule has 0 amide bonds. The maximum Gasteiger partial charge on any atom is 0.310 e. The zero-order chi connectivity index (χ0) is 12.1. The molecule has 4 nitrogen and oxygen atoms in total. The molecule has 0 aromatic heterocycles. The van der Waals surface area contributed by atoms with Crippen molar-refractivity contribution < 1.29 is 23.5 Å². The Kier molecular flexibility index (Phi) is 3.99. The Morgan fingerprint density at radius 1 is 1.44 bits per heavy atom. The molecule has 86 valence electrons. The first-order valence-electron chi connectivity index (χ1n) is 4.51. The molecule has 16 heavy (non-hydrogen) atoms. The van der Waals surface area contributed by atoms with E-state index >= 15 is 0 Å². The van der Waals surface area contributed by atoms with Crippen LogP contribution >= 0.6 is 0 Å². The maximum atomic E-state index is 13.3. The van der Waals surface area contributed by atoms with Crippen molar-refractivity contribution in [2.75, 3.05) is 14.2 Å². The zero-order valence-electron chi connectivity index (χ0n) is 8.95. The van der Waals surface area contributed by atoms with E-state index in [0.29, 0.717) is 6.29 Å². The number of rotatable bonds is 4. The van der Waals surface area contributed by atoms with Gasteiger partial charge in [-0.15, -0.1) is 0 Å². The van der Waals surface area contributed by atoms with Crippen molar-refractivity contribution in [3.63, 3.8) is 0 Å². The van der Waals surface area contributed by atoms with Gasteiger partial charge in [0.15, 0.2) is 6.29 Å². The fourth-order valence-electron chi connectivity index (χ4n) is 1.33. The van der Waals surface area contributed by atoms with Gasteiger partial charge in [0.25, 0.3) is 0 Å². The van der Waals surface area contributed by atoms with E-state index in [0.717, 1.165) is 6.07 Å². The average molecular weight is 226 g/mol. The molecule has 0 aliphatic carbocycles. The molecule has 0 N–H and O–H groups in total. The van der Waals surface area contributed by atoms with E-state index in [4.69, 9.17) is 4.74 Å². The highest BCUT2D eigenvalue weighted by molar-refractivity contribution is 5.83. The molecule has 0 bridgehead atoms. The van der Waals surface area contributed by atoms with Gasteiger partial charge in [0.05, 0.1) is 26.2 Å². The molecule has 0 fully saturated rings. The molecule has 5 heteroatoms. The van der Waals surface area contributed by atoms with Gasteiger partial charge in [-0.2, -0.15) is 0 Å². The van der Waals surface area contributed by atoms with Gasteiger partial charge in [-0.3, -0.25) is 9.59 Å². The van der Waals surface area contributed by atoms with Gasteiger partial charge in [0.1, 0.15) is 11.6 Å². The minimum absolute atomic E-state index is 0.176. The number of halogens is 1. The fourth-order valence-corrected chi connectivity index (χ4v) is 1.33. The minimum atomic E-state index is -0.685. The standard InChI is InChI=1S/C11H11FO4/c1-15-10-4-3-9(12)8(6-13)7(10)5-11(14)16-2/h3-4,6H,5H2,1-2H3. The number of carbonyl (C=O) groups is 2. The van der Waals surface area contributed by atoms with E-state index in [1.807, 2.05) is 0 Å². The quantitative estimate of drug-likeness (QED) is 0.574. The number of ether oxygens (including phenoxy) is 2. The summed E-state index contributed by atoms with van der Waals surface area (Å²) in [6.07, 6.45) is 0.154. The van der Waals surface area contributed by atoms with Crippen LogP contribution in [0.2, 0.25) is 0 Å². The third kappa shape index (κ3) is 2.36. The Bertz CT molecular complexity index is 415. The van der Waals surface area contributed by atoms with E-state index < -0.39 is 11.8 Å². The van der Waals surface area contributed by atoms with E-state index in [1.54, 1.807) is 0 Å². The number of hydrogen-bond donors (Lipinski definition) is 0. The molecule has 1 aromatic rings. The van der Waals surface area contributed by atoms with Crippen LogP contribution in [0.3, 0.4) is 0 Å². The highest BCUT2D eigenvalue weighted by Gasteiger charge is 2.16. The summed E-state index contributed by atoms with van der Waals surface area (Å²) < 4.78 is 22.7. The summed E-state index contributed by atoms with van der Waals surface area (Å²) >= 11 is 0. The number of benzene rings is 1. The van der Waals surface area contributed by atoms with Gasteiger partial charge in [-0.1, -0.05) is 0 Å². The van der Waals surface area contributed by atoms with Crippen LogP contribution < -0.4 is 4.74 Å². The summed E-state index contributed by atoms with van der Waals surface area (Å²) in [7, 11) is 2.59. The van der Waals surface area contributed by atoms with Crippen molar-refractivity contribution in [3.8, 4) is 5.75 Å². The summed E-state index contributed by atoms with van der Waals surface area (Å²) in [5.74, 6) is -0.962. The first-order valence-corrected chi connectivity index (χ1v) is 4.51. The van der Waals surface area contributed by atoms with Gasteiger partial charge in [0.2, 0.25) is 0 Å². The molecule has 0 heterocycles. The second kappa shape index (κ2) is 5.25. The Morgan fingerprint density at radius 3 is 2.62 bits per heavy atom. The summed E-state index contributed by atoms with van der Waals surface area (Å²) in [5, 5.41) is 0. The molecule has 0 saturated carbocycles. The van der Waals surface area contributed by atoms with Crippen LogP contribution in [0.15, 0.2) is 12.1 Å². The topological polar surface area (TPSA) is 52.6 Å². The predicted octanol–water partition coefficient (Wildman–Crippen LogP) is 1.36. The first kappa shape index (κ1) is 12.2. The lowest BCUT2D eigenvalue weighted by Crippen LogP contribution is -2.09. The number of aldehydes is 1. The summed E-state index contributed by atoms with van der Waals surface area (Å²) in [4.78, 5) is 21.9. The number of carbonyl (C=O) groups excluding carboxylic acids is 2. The first-order chi connectivity index (χ1) is 7.63.